The molecule has 0 aliphatic carbocycles. The van der Waals surface area contributed by atoms with E-state index < -0.39 is 0 Å². The van der Waals surface area contributed by atoms with Crippen LogP contribution >= 0.6 is 0 Å². The summed E-state index contributed by atoms with van der Waals surface area (Å²) in [6, 6.07) is 8.88. The van der Waals surface area contributed by atoms with E-state index in [-0.39, 0.29) is 23.8 Å². The van der Waals surface area contributed by atoms with Crippen LogP contribution in [0.4, 0.5) is 0 Å². The van der Waals surface area contributed by atoms with E-state index >= 15 is 0 Å². The lowest BCUT2D eigenvalue weighted by atomic mass is 9.96. The Hall–Kier alpha value is -1.84. The zero-order valence-corrected chi connectivity index (χ0v) is 12.1. The van der Waals surface area contributed by atoms with Gasteiger partial charge in [0.05, 0.1) is 6.54 Å². The standard InChI is InChI=1S/C15H22N2O2/c1-15(2,3)11-17(4)13(18)10-16-14(19)12-8-6-5-7-9-12/h5-9H,10-11H2,1-4H3,(H,16,19). The Kier molecular flexibility index (Phi) is 5.10. The minimum absolute atomic E-state index is 0.0281. The van der Waals surface area contributed by atoms with Gasteiger partial charge in [-0.25, -0.2) is 0 Å². The second-order valence-corrected chi connectivity index (χ2v) is 5.86. The average molecular weight is 262 g/mol. The van der Waals surface area contributed by atoms with Gasteiger partial charge in [0, 0.05) is 19.2 Å². The molecule has 0 saturated heterocycles. The summed E-state index contributed by atoms with van der Waals surface area (Å²) < 4.78 is 0. The number of hydrogen-bond donors (Lipinski definition) is 1. The molecule has 1 aromatic rings. The van der Waals surface area contributed by atoms with E-state index in [0.717, 1.165) is 0 Å². The first-order chi connectivity index (χ1) is 8.79. The van der Waals surface area contributed by atoms with E-state index in [0.29, 0.717) is 12.1 Å². The highest BCUT2D eigenvalue weighted by Crippen LogP contribution is 2.13. The number of rotatable bonds is 4. The molecule has 0 radical (unpaired) electrons. The van der Waals surface area contributed by atoms with Crippen LogP contribution in [0.5, 0.6) is 0 Å². The summed E-state index contributed by atoms with van der Waals surface area (Å²) in [6.45, 7) is 6.89. The number of hydrogen-bond acceptors (Lipinski definition) is 2. The summed E-state index contributed by atoms with van der Waals surface area (Å²) in [6.07, 6.45) is 0. The van der Waals surface area contributed by atoms with Crippen LogP contribution < -0.4 is 5.32 Å². The summed E-state index contributed by atoms with van der Waals surface area (Å²) in [5, 5.41) is 2.64. The monoisotopic (exact) mass is 262 g/mol. The van der Waals surface area contributed by atoms with Crippen LogP contribution in [0.3, 0.4) is 0 Å². The highest BCUT2D eigenvalue weighted by Gasteiger charge is 2.18. The second-order valence-electron chi connectivity index (χ2n) is 5.86. The van der Waals surface area contributed by atoms with Crippen LogP contribution in [0.2, 0.25) is 0 Å². The zero-order chi connectivity index (χ0) is 14.5. The molecule has 0 fully saturated rings. The van der Waals surface area contributed by atoms with E-state index in [9.17, 15) is 9.59 Å². The fourth-order valence-electron chi connectivity index (χ4n) is 1.78. The molecule has 0 unspecified atom stereocenters. The summed E-state index contributed by atoms with van der Waals surface area (Å²) in [7, 11) is 1.75. The molecular weight excluding hydrogens is 240 g/mol. The molecule has 0 spiro atoms. The Morgan fingerprint density at radius 2 is 1.74 bits per heavy atom. The van der Waals surface area contributed by atoms with Crippen molar-refractivity contribution in [3.8, 4) is 0 Å². The first-order valence-corrected chi connectivity index (χ1v) is 6.37. The van der Waals surface area contributed by atoms with Gasteiger partial charge in [0.25, 0.3) is 5.91 Å². The molecule has 0 saturated carbocycles. The predicted octanol–water partition coefficient (Wildman–Crippen LogP) is 1.92. The quantitative estimate of drug-likeness (QED) is 0.901. The Morgan fingerprint density at radius 3 is 2.26 bits per heavy atom. The van der Waals surface area contributed by atoms with E-state index in [2.05, 4.69) is 26.1 Å². The summed E-state index contributed by atoms with van der Waals surface area (Å²) in [5.41, 5.74) is 0.613. The largest absolute Gasteiger partial charge is 0.344 e. The zero-order valence-electron chi connectivity index (χ0n) is 12.1. The SMILES string of the molecule is CN(CC(C)(C)C)C(=O)CNC(=O)c1ccccc1. The number of nitrogens with one attached hydrogen (secondary N) is 1. The minimum atomic E-state index is -0.224. The molecule has 0 heterocycles. The molecule has 2 amide bonds. The Labute approximate surface area is 114 Å². The molecule has 1 N–H and O–H groups in total. The van der Waals surface area contributed by atoms with Gasteiger partial charge in [0.1, 0.15) is 0 Å². The van der Waals surface area contributed by atoms with Crippen molar-refractivity contribution in [3.63, 3.8) is 0 Å². The lowest BCUT2D eigenvalue weighted by molar-refractivity contribution is -0.129. The second kappa shape index (κ2) is 6.36. The smallest absolute Gasteiger partial charge is 0.251 e. The lowest BCUT2D eigenvalue weighted by Crippen LogP contribution is -2.41. The van der Waals surface area contributed by atoms with Gasteiger partial charge in [-0.3, -0.25) is 9.59 Å². The van der Waals surface area contributed by atoms with Crippen molar-refractivity contribution >= 4 is 11.8 Å². The molecule has 19 heavy (non-hydrogen) atoms. The predicted molar refractivity (Wildman–Crippen MR) is 75.9 cm³/mol. The van der Waals surface area contributed by atoms with Gasteiger partial charge in [-0.05, 0) is 17.5 Å². The summed E-state index contributed by atoms with van der Waals surface area (Å²) in [5.74, 6) is -0.308. The Balaban J connectivity index is 2.44. The van der Waals surface area contributed by atoms with Crippen LogP contribution in [-0.4, -0.2) is 36.9 Å². The molecule has 4 nitrogen and oxygen atoms in total. The summed E-state index contributed by atoms with van der Waals surface area (Å²) >= 11 is 0. The average Bonchev–Trinajstić information content (AvgIpc) is 2.34. The number of carbonyl (C=O) groups is 2. The number of amides is 2. The molecule has 1 rings (SSSR count). The van der Waals surface area contributed by atoms with Crippen molar-refractivity contribution in [3.05, 3.63) is 35.9 Å². The number of carbonyl (C=O) groups excluding carboxylic acids is 2. The minimum Gasteiger partial charge on any atom is -0.344 e. The molecule has 4 heteroatoms. The molecule has 0 atom stereocenters. The highest BCUT2D eigenvalue weighted by molar-refractivity contribution is 5.96. The molecule has 0 aliphatic rings. The lowest BCUT2D eigenvalue weighted by Gasteiger charge is -2.26. The third-order valence-electron chi connectivity index (χ3n) is 2.57. The van der Waals surface area contributed by atoms with E-state index in [4.69, 9.17) is 0 Å². The van der Waals surface area contributed by atoms with Gasteiger partial charge < -0.3 is 10.2 Å². The molecule has 1 aromatic carbocycles. The van der Waals surface area contributed by atoms with Crippen molar-refractivity contribution in [1.82, 2.24) is 10.2 Å². The van der Waals surface area contributed by atoms with Crippen molar-refractivity contribution in [2.24, 2.45) is 5.41 Å². The van der Waals surface area contributed by atoms with Gasteiger partial charge in [-0.15, -0.1) is 0 Å². The Bertz CT molecular complexity index is 435. The maximum Gasteiger partial charge on any atom is 0.251 e. The summed E-state index contributed by atoms with van der Waals surface area (Å²) in [4.78, 5) is 25.3. The van der Waals surface area contributed by atoms with Gasteiger partial charge in [-0.2, -0.15) is 0 Å². The van der Waals surface area contributed by atoms with Gasteiger partial charge >= 0.3 is 0 Å². The van der Waals surface area contributed by atoms with Crippen LogP contribution in [0.1, 0.15) is 31.1 Å². The van der Waals surface area contributed by atoms with Gasteiger partial charge in [0.15, 0.2) is 0 Å². The van der Waals surface area contributed by atoms with Crippen LogP contribution in [0, 0.1) is 5.41 Å². The van der Waals surface area contributed by atoms with Crippen LogP contribution in [0.25, 0.3) is 0 Å². The van der Waals surface area contributed by atoms with Gasteiger partial charge in [-0.1, -0.05) is 39.0 Å². The Morgan fingerprint density at radius 1 is 1.16 bits per heavy atom. The van der Waals surface area contributed by atoms with Crippen molar-refractivity contribution in [2.75, 3.05) is 20.1 Å². The fourth-order valence-corrected chi connectivity index (χ4v) is 1.78. The first-order valence-electron chi connectivity index (χ1n) is 6.37. The highest BCUT2D eigenvalue weighted by atomic mass is 16.2. The maximum atomic E-state index is 11.9. The molecule has 0 aromatic heterocycles. The first kappa shape index (κ1) is 15.2. The van der Waals surface area contributed by atoms with Crippen LogP contribution in [-0.2, 0) is 4.79 Å². The normalized spacial score (nSPS) is 10.9. The molecule has 0 bridgehead atoms. The number of likely N-dealkylation sites (N-methyl/N-ethyl adjacent to an activating group) is 1. The maximum absolute atomic E-state index is 11.9. The van der Waals surface area contributed by atoms with Crippen molar-refractivity contribution in [1.29, 1.82) is 0 Å². The van der Waals surface area contributed by atoms with Crippen molar-refractivity contribution in [2.45, 2.75) is 20.8 Å². The molecule has 104 valence electrons. The third-order valence-corrected chi connectivity index (χ3v) is 2.57. The van der Waals surface area contributed by atoms with Crippen molar-refractivity contribution < 1.29 is 9.59 Å². The number of nitrogens with zero attached hydrogens (tertiary/aromatic N) is 1. The van der Waals surface area contributed by atoms with E-state index in [1.165, 1.54) is 0 Å². The van der Waals surface area contributed by atoms with E-state index in [1.54, 1.807) is 36.2 Å². The fraction of sp³-hybridized carbons (Fsp3) is 0.467. The van der Waals surface area contributed by atoms with E-state index in [1.807, 2.05) is 6.07 Å². The molecular formula is C15H22N2O2. The number of benzene rings is 1. The molecule has 0 aliphatic heterocycles. The van der Waals surface area contributed by atoms with Gasteiger partial charge in [0.2, 0.25) is 5.91 Å². The topological polar surface area (TPSA) is 49.4 Å². The third kappa shape index (κ3) is 5.55. The van der Waals surface area contributed by atoms with Crippen LogP contribution in [0.15, 0.2) is 30.3 Å².